The summed E-state index contributed by atoms with van der Waals surface area (Å²) in [4.78, 5) is 26.7. The van der Waals surface area contributed by atoms with Crippen molar-refractivity contribution in [3.05, 3.63) is 102 Å². The number of hydrogen-bond donors (Lipinski definition) is 1. The van der Waals surface area contributed by atoms with Crippen LogP contribution in [0.15, 0.2) is 84.9 Å². The van der Waals surface area contributed by atoms with Gasteiger partial charge in [0, 0.05) is 23.4 Å². The second-order valence-corrected chi connectivity index (χ2v) is 7.59. The van der Waals surface area contributed by atoms with Crippen molar-refractivity contribution in [3.63, 3.8) is 0 Å². The van der Waals surface area contributed by atoms with Crippen LogP contribution >= 0.6 is 0 Å². The van der Waals surface area contributed by atoms with E-state index in [1.807, 2.05) is 60.7 Å². The molecule has 0 bridgehead atoms. The minimum atomic E-state index is -0.534. The number of ether oxygens (including phenoxy) is 1. The topological polar surface area (TPSA) is 58.6 Å². The summed E-state index contributed by atoms with van der Waals surface area (Å²) in [6.45, 7) is 0.655. The van der Waals surface area contributed by atoms with Crippen molar-refractivity contribution >= 4 is 17.5 Å². The number of hydrogen-bond acceptors (Lipinski definition) is 3. The Morgan fingerprint density at radius 2 is 1.68 bits per heavy atom. The minimum Gasteiger partial charge on any atom is -0.352 e. The second-order valence-electron chi connectivity index (χ2n) is 7.59. The fraction of sp³-hybridized carbons (Fsp3) is 0.231. The molecule has 158 valence electrons. The van der Waals surface area contributed by atoms with Gasteiger partial charge in [0.15, 0.2) is 6.23 Å². The Morgan fingerprint density at radius 3 is 2.45 bits per heavy atom. The van der Waals surface area contributed by atoms with Gasteiger partial charge in [-0.1, -0.05) is 60.7 Å². The van der Waals surface area contributed by atoms with Gasteiger partial charge in [0.2, 0.25) is 0 Å². The first-order chi connectivity index (χ1) is 15.2. The molecular formula is C26H26N2O3. The Kier molecular flexibility index (Phi) is 6.75. The van der Waals surface area contributed by atoms with E-state index in [4.69, 9.17) is 4.74 Å². The molecule has 5 heteroatoms. The average molecular weight is 415 g/mol. The van der Waals surface area contributed by atoms with Gasteiger partial charge in [0.25, 0.3) is 11.8 Å². The number of carbonyl (C=O) groups is 2. The van der Waals surface area contributed by atoms with E-state index in [2.05, 4.69) is 17.4 Å². The fourth-order valence-electron chi connectivity index (χ4n) is 3.77. The molecule has 1 N–H and O–H groups in total. The predicted molar refractivity (Wildman–Crippen MR) is 121 cm³/mol. The zero-order valence-corrected chi connectivity index (χ0v) is 17.4. The molecular weight excluding hydrogens is 388 g/mol. The van der Waals surface area contributed by atoms with Gasteiger partial charge in [0.1, 0.15) is 6.61 Å². The molecule has 1 fully saturated rings. The predicted octanol–water partition coefficient (Wildman–Crippen LogP) is 4.50. The normalized spacial score (nSPS) is 15.8. The van der Waals surface area contributed by atoms with Crippen molar-refractivity contribution in [2.45, 2.75) is 25.5 Å². The number of para-hydroxylation sites is 1. The minimum absolute atomic E-state index is 0.0252. The van der Waals surface area contributed by atoms with Crippen LogP contribution in [0.4, 0.5) is 5.69 Å². The van der Waals surface area contributed by atoms with Gasteiger partial charge in [0.05, 0.1) is 0 Å². The summed E-state index contributed by atoms with van der Waals surface area (Å²) in [5, 5.41) is 2.99. The van der Waals surface area contributed by atoms with Gasteiger partial charge in [-0.3, -0.25) is 14.5 Å². The highest BCUT2D eigenvalue weighted by Crippen LogP contribution is 2.33. The number of anilines is 1. The van der Waals surface area contributed by atoms with Crippen molar-refractivity contribution in [1.29, 1.82) is 0 Å². The highest BCUT2D eigenvalue weighted by atomic mass is 16.5. The number of rotatable bonds is 8. The number of carbonyl (C=O) groups excluding carboxylic acids is 2. The van der Waals surface area contributed by atoms with Gasteiger partial charge < -0.3 is 10.1 Å². The van der Waals surface area contributed by atoms with Crippen molar-refractivity contribution < 1.29 is 14.3 Å². The largest absolute Gasteiger partial charge is 0.352 e. The lowest BCUT2D eigenvalue weighted by molar-refractivity contribution is -0.117. The molecule has 5 nitrogen and oxygen atoms in total. The van der Waals surface area contributed by atoms with Gasteiger partial charge in [-0.2, -0.15) is 0 Å². The summed E-state index contributed by atoms with van der Waals surface area (Å²) in [5.41, 5.74) is 3.45. The zero-order chi connectivity index (χ0) is 21.5. The third kappa shape index (κ3) is 5.19. The number of benzene rings is 3. The summed E-state index contributed by atoms with van der Waals surface area (Å²) in [6.07, 6.45) is 2.42. The number of aryl methyl sites for hydroxylation is 1. The van der Waals surface area contributed by atoms with Crippen LogP contribution in [0.3, 0.4) is 0 Å². The number of nitrogens with one attached hydrogen (secondary N) is 1. The standard InChI is InChI=1S/C26H26N2O3/c29-24-19-31-26(28(24)23-15-5-2-6-16-23)22-14-9-13-21(18-22)25(30)27-17-8-7-12-20-10-3-1-4-11-20/h1-6,9-11,13-16,18,26H,7-8,12,17,19H2,(H,27,30). The molecule has 1 aliphatic heterocycles. The summed E-state index contributed by atoms with van der Waals surface area (Å²) in [6, 6.07) is 27.1. The Hall–Kier alpha value is -3.44. The lowest BCUT2D eigenvalue weighted by Gasteiger charge is -2.23. The van der Waals surface area contributed by atoms with E-state index < -0.39 is 6.23 Å². The molecule has 31 heavy (non-hydrogen) atoms. The number of nitrogens with zero attached hydrogens (tertiary/aromatic N) is 1. The Morgan fingerprint density at radius 1 is 0.935 bits per heavy atom. The smallest absolute Gasteiger partial charge is 0.255 e. The lowest BCUT2D eigenvalue weighted by atomic mass is 10.1. The number of amides is 2. The van der Waals surface area contributed by atoms with Crippen LogP contribution in [-0.2, 0) is 16.0 Å². The summed E-state index contributed by atoms with van der Waals surface area (Å²) >= 11 is 0. The van der Waals surface area contributed by atoms with Gasteiger partial charge in [-0.15, -0.1) is 0 Å². The second kappa shape index (κ2) is 10.0. The first-order valence-corrected chi connectivity index (χ1v) is 10.6. The zero-order valence-electron chi connectivity index (χ0n) is 17.4. The highest BCUT2D eigenvalue weighted by molar-refractivity contribution is 5.97. The van der Waals surface area contributed by atoms with Gasteiger partial charge >= 0.3 is 0 Å². The van der Waals surface area contributed by atoms with E-state index in [0.29, 0.717) is 12.1 Å². The molecule has 4 rings (SSSR count). The third-order valence-corrected chi connectivity index (χ3v) is 5.36. The maximum Gasteiger partial charge on any atom is 0.255 e. The van der Waals surface area contributed by atoms with E-state index >= 15 is 0 Å². The molecule has 1 saturated heterocycles. The third-order valence-electron chi connectivity index (χ3n) is 5.36. The van der Waals surface area contributed by atoms with Crippen molar-refractivity contribution in [2.24, 2.45) is 0 Å². The van der Waals surface area contributed by atoms with E-state index in [9.17, 15) is 9.59 Å². The Labute approximate surface area is 182 Å². The molecule has 2 amide bonds. The van der Waals surface area contributed by atoms with E-state index in [1.165, 1.54) is 5.56 Å². The molecule has 0 spiro atoms. The molecule has 0 saturated carbocycles. The SMILES string of the molecule is O=C(NCCCCc1ccccc1)c1cccc(C2OCC(=O)N2c2ccccc2)c1. The van der Waals surface area contributed by atoms with Gasteiger partial charge in [-0.25, -0.2) is 0 Å². The van der Waals surface area contributed by atoms with Crippen LogP contribution in [0.5, 0.6) is 0 Å². The van der Waals surface area contributed by atoms with E-state index in [-0.39, 0.29) is 18.4 Å². The monoisotopic (exact) mass is 414 g/mol. The lowest BCUT2D eigenvalue weighted by Crippen LogP contribution is -2.28. The van der Waals surface area contributed by atoms with Crippen molar-refractivity contribution in [3.8, 4) is 0 Å². The van der Waals surface area contributed by atoms with Crippen LogP contribution in [0.2, 0.25) is 0 Å². The molecule has 1 atom stereocenters. The molecule has 1 unspecified atom stereocenters. The summed E-state index contributed by atoms with van der Waals surface area (Å²) in [7, 11) is 0. The molecule has 0 radical (unpaired) electrons. The maximum atomic E-state index is 12.6. The number of unbranched alkanes of at least 4 members (excludes halogenated alkanes) is 1. The first kappa shape index (κ1) is 20.8. The molecule has 0 aliphatic carbocycles. The van der Waals surface area contributed by atoms with Crippen molar-refractivity contribution in [1.82, 2.24) is 5.32 Å². The van der Waals surface area contributed by atoms with Crippen LogP contribution in [0.25, 0.3) is 0 Å². The van der Waals surface area contributed by atoms with Crippen molar-refractivity contribution in [2.75, 3.05) is 18.1 Å². The van der Waals surface area contributed by atoms with Crippen LogP contribution in [0.1, 0.15) is 40.6 Å². The molecule has 3 aromatic carbocycles. The van der Waals surface area contributed by atoms with Crippen LogP contribution < -0.4 is 10.2 Å². The Bertz CT molecular complexity index is 1020. The maximum absolute atomic E-state index is 12.6. The highest BCUT2D eigenvalue weighted by Gasteiger charge is 2.34. The summed E-state index contributed by atoms with van der Waals surface area (Å²) < 4.78 is 5.75. The molecule has 0 aromatic heterocycles. The van der Waals surface area contributed by atoms with Crippen LogP contribution in [0, 0.1) is 0 Å². The average Bonchev–Trinajstić information content (AvgIpc) is 3.21. The quantitative estimate of drug-likeness (QED) is 0.552. The molecule has 1 heterocycles. The van der Waals surface area contributed by atoms with E-state index in [0.717, 1.165) is 30.5 Å². The molecule has 1 aliphatic rings. The van der Waals surface area contributed by atoms with Crippen LogP contribution in [-0.4, -0.2) is 25.0 Å². The summed E-state index contributed by atoms with van der Waals surface area (Å²) in [5.74, 6) is -0.207. The molecule has 3 aromatic rings. The Balaban J connectivity index is 1.35. The fourth-order valence-corrected chi connectivity index (χ4v) is 3.77. The first-order valence-electron chi connectivity index (χ1n) is 10.6. The van der Waals surface area contributed by atoms with Gasteiger partial charge in [-0.05, 0) is 49.1 Å². The van der Waals surface area contributed by atoms with E-state index in [1.54, 1.807) is 17.0 Å².